The average Bonchev–Trinajstić information content (AvgIpc) is 3.26. The summed E-state index contributed by atoms with van der Waals surface area (Å²) < 4.78 is 123. The number of benzene rings is 1. The number of ether oxygens (including phenoxy) is 1. The normalized spacial score (nSPS) is 12.5. The molecular weight excluding hydrogens is 1060 g/mol. The summed E-state index contributed by atoms with van der Waals surface area (Å²) in [5, 5.41) is 2.74. The fourth-order valence-corrected chi connectivity index (χ4v) is 4.60. The summed E-state index contributed by atoms with van der Waals surface area (Å²) in [4.78, 5) is 60.8. The monoisotopic (exact) mass is 1090 g/mol. The number of anilines is 1. The van der Waals surface area contributed by atoms with Crippen LogP contribution in [0.1, 0.15) is 38.0 Å². The molecule has 12 nitrogen and oxygen atoms in total. The maximum absolute atomic E-state index is 12.6. The zero-order chi connectivity index (χ0) is 50.1. The number of aromatic nitrogens is 6. The molecule has 7 aromatic rings. The van der Waals surface area contributed by atoms with E-state index in [-0.39, 0.29) is 32.0 Å². The second kappa shape index (κ2) is 22.3. The summed E-state index contributed by atoms with van der Waals surface area (Å²) in [7, 11) is -21.3. The van der Waals surface area contributed by atoms with Crippen LogP contribution in [0.15, 0.2) is 159 Å². The fraction of sp³-hybridized carbons (Fsp3) is 0.0488. The number of hydrogen-bond donors (Lipinski definition) is 2. The number of nitrogens with one attached hydrogen (secondary N) is 1. The van der Waals surface area contributed by atoms with Crippen LogP contribution in [0.25, 0.3) is 34.2 Å². The minimum absolute atomic E-state index is 0. The third kappa shape index (κ3) is 27.0. The van der Waals surface area contributed by atoms with E-state index in [0.29, 0.717) is 33.8 Å². The van der Waals surface area contributed by atoms with Gasteiger partial charge in [-0.3, -0.25) is 39.5 Å². The van der Waals surface area contributed by atoms with Crippen molar-refractivity contribution in [2.75, 3.05) is 11.9 Å². The van der Waals surface area contributed by atoms with Crippen LogP contribution in [0.2, 0.25) is 0 Å². The van der Waals surface area contributed by atoms with Gasteiger partial charge in [0.25, 0.3) is 5.91 Å². The Morgan fingerprint density at radius 1 is 0.471 bits per heavy atom. The third-order valence-corrected chi connectivity index (χ3v) is 7.17. The van der Waals surface area contributed by atoms with Crippen LogP contribution >= 0.6 is 15.6 Å². The fourth-order valence-electron chi connectivity index (χ4n) is 4.60. The SMILES string of the molecule is CCOC(=O)c1ccnc(-c2cc(C(=O)Nc3ccc(C(N)=O)cc3)ccn2)c1.F[P-](F)(F)(F)(F)F.F[P-](F)(F)(F)(F)F.[Ru+2].c1ccc(-c2ccccn2)nc1.c1ccc(-c2ccccn2)nc1. The molecular formula is C41H34F12N8O4P2Ru. The first kappa shape index (κ1) is 57.3. The summed E-state index contributed by atoms with van der Waals surface area (Å²) in [6.45, 7) is 2.00. The first-order chi connectivity index (χ1) is 30.8. The largest absolute Gasteiger partial charge is 2.00 e. The Hall–Kier alpha value is -6.83. The van der Waals surface area contributed by atoms with E-state index >= 15 is 0 Å². The molecule has 0 aliphatic heterocycles. The predicted octanol–water partition coefficient (Wildman–Crippen LogP) is 13.7. The molecule has 27 heteroatoms. The van der Waals surface area contributed by atoms with Gasteiger partial charge in [0.2, 0.25) is 5.91 Å². The van der Waals surface area contributed by atoms with E-state index in [2.05, 4.69) is 35.2 Å². The first-order valence-electron chi connectivity index (χ1n) is 18.4. The number of esters is 1. The Morgan fingerprint density at radius 3 is 1.10 bits per heavy atom. The van der Waals surface area contributed by atoms with E-state index in [1.807, 2.05) is 72.8 Å². The number of carbonyl (C=O) groups excluding carboxylic acids is 3. The molecule has 2 amide bonds. The van der Waals surface area contributed by atoms with Gasteiger partial charge in [-0.15, -0.1) is 0 Å². The average molecular weight is 1090 g/mol. The molecule has 6 aromatic heterocycles. The first-order valence-corrected chi connectivity index (χ1v) is 22.5. The van der Waals surface area contributed by atoms with Crippen LogP contribution < -0.4 is 11.1 Å². The summed E-state index contributed by atoms with van der Waals surface area (Å²) in [6, 6.07) is 35.7. The van der Waals surface area contributed by atoms with Crippen molar-refractivity contribution >= 4 is 39.1 Å². The molecule has 3 N–H and O–H groups in total. The van der Waals surface area contributed by atoms with Crippen molar-refractivity contribution in [3.8, 4) is 34.2 Å². The number of carbonyl (C=O) groups is 3. The molecule has 1 aromatic carbocycles. The van der Waals surface area contributed by atoms with Crippen molar-refractivity contribution in [2.45, 2.75) is 6.92 Å². The van der Waals surface area contributed by atoms with Gasteiger partial charge in [0.05, 0.1) is 46.3 Å². The van der Waals surface area contributed by atoms with Crippen LogP contribution in [0.5, 0.6) is 0 Å². The maximum atomic E-state index is 12.6. The number of rotatable bonds is 8. The molecule has 0 unspecified atom stereocenters. The zero-order valence-corrected chi connectivity index (χ0v) is 37.9. The van der Waals surface area contributed by atoms with E-state index in [4.69, 9.17) is 10.5 Å². The van der Waals surface area contributed by atoms with Gasteiger partial charge >= 0.3 is 91.4 Å². The van der Waals surface area contributed by atoms with E-state index < -0.39 is 27.5 Å². The van der Waals surface area contributed by atoms with E-state index in [0.717, 1.165) is 22.8 Å². The standard InChI is InChI=1S/C21H18N4O4.2C10H8N2.2F6P.Ru/c1-2-29-21(28)15-8-10-24-18(12-15)17-11-14(7-9-23-17)20(27)25-16-5-3-13(4-6-16)19(22)26;2*1-3-7-11-9(5-1)10-6-2-4-8-12-10;2*1-7(2,3,4,5)6;/h3-12H,2H2,1H3,(H2,22,26)(H,25,27);2*1-8H;;;/q;;;2*-1;+2. The smallest absolute Gasteiger partial charge is 0.255 e. The van der Waals surface area contributed by atoms with Crippen LogP contribution in [-0.2, 0) is 24.2 Å². The molecule has 0 spiro atoms. The summed E-state index contributed by atoms with van der Waals surface area (Å²) in [5.41, 5.74) is 11.3. The minimum Gasteiger partial charge on any atom is -0.255 e. The Balaban J connectivity index is 0.000000335. The summed E-state index contributed by atoms with van der Waals surface area (Å²) in [5.74, 6) is -1.36. The molecule has 0 aliphatic carbocycles. The van der Waals surface area contributed by atoms with Gasteiger partial charge < -0.3 is 15.8 Å². The van der Waals surface area contributed by atoms with Gasteiger partial charge in [0, 0.05) is 54.0 Å². The topological polar surface area (TPSA) is 176 Å². The second-order valence-corrected chi connectivity index (χ2v) is 16.6. The zero-order valence-electron chi connectivity index (χ0n) is 34.4. The van der Waals surface area contributed by atoms with Crippen LogP contribution in [-0.4, -0.2) is 54.3 Å². The Bertz CT molecular complexity index is 2530. The van der Waals surface area contributed by atoms with E-state index in [1.54, 1.807) is 68.1 Å². The number of amides is 2. The van der Waals surface area contributed by atoms with Crippen LogP contribution in [0, 0.1) is 0 Å². The molecule has 0 saturated carbocycles. The number of halogens is 12. The van der Waals surface area contributed by atoms with Gasteiger partial charge in [-0.2, -0.15) is 0 Å². The number of pyridine rings is 6. The van der Waals surface area contributed by atoms with Crippen molar-refractivity contribution in [2.24, 2.45) is 5.73 Å². The number of nitrogens with zero attached hydrogens (tertiary/aromatic N) is 6. The molecule has 0 radical (unpaired) electrons. The molecule has 0 aliphatic rings. The van der Waals surface area contributed by atoms with Gasteiger partial charge in [-0.25, -0.2) is 4.79 Å². The predicted molar refractivity (Wildman–Crippen MR) is 228 cm³/mol. The molecule has 364 valence electrons. The van der Waals surface area contributed by atoms with Crippen molar-refractivity contribution in [1.82, 2.24) is 29.9 Å². The van der Waals surface area contributed by atoms with Crippen molar-refractivity contribution < 1.29 is 89.0 Å². The molecule has 68 heavy (non-hydrogen) atoms. The molecule has 6 heterocycles. The van der Waals surface area contributed by atoms with Gasteiger partial charge in [-0.05, 0) is 104 Å². The number of nitrogens with two attached hydrogens (primary N) is 1. The van der Waals surface area contributed by atoms with Gasteiger partial charge in [0.1, 0.15) is 0 Å². The van der Waals surface area contributed by atoms with Gasteiger partial charge in [0.15, 0.2) is 0 Å². The number of primary amides is 1. The molecule has 0 bridgehead atoms. The quantitative estimate of drug-likeness (QED) is 0.0645. The van der Waals surface area contributed by atoms with Crippen molar-refractivity contribution in [1.29, 1.82) is 0 Å². The maximum Gasteiger partial charge on any atom is 2.00 e. The van der Waals surface area contributed by atoms with E-state index in [9.17, 15) is 64.7 Å². The summed E-state index contributed by atoms with van der Waals surface area (Å²) >= 11 is 0. The number of hydrogen-bond acceptors (Lipinski definition) is 10. The van der Waals surface area contributed by atoms with Crippen molar-refractivity contribution in [3.05, 3.63) is 175 Å². The van der Waals surface area contributed by atoms with Crippen LogP contribution in [0.3, 0.4) is 0 Å². The third-order valence-electron chi connectivity index (χ3n) is 7.17. The molecule has 7 rings (SSSR count). The Labute approximate surface area is 390 Å². The Kier molecular flexibility index (Phi) is 18.8. The van der Waals surface area contributed by atoms with Gasteiger partial charge in [-0.1, -0.05) is 24.3 Å². The molecule has 0 fully saturated rings. The van der Waals surface area contributed by atoms with E-state index in [1.165, 1.54) is 24.5 Å². The molecule has 0 saturated heterocycles. The molecule has 0 atom stereocenters. The minimum atomic E-state index is -10.7. The van der Waals surface area contributed by atoms with Crippen LogP contribution in [0.4, 0.5) is 56.1 Å². The summed E-state index contributed by atoms with van der Waals surface area (Å²) in [6.07, 6.45) is 10.0. The Morgan fingerprint density at radius 2 is 0.794 bits per heavy atom. The van der Waals surface area contributed by atoms with Crippen molar-refractivity contribution in [3.63, 3.8) is 0 Å². The second-order valence-electron chi connectivity index (χ2n) is 12.8.